The van der Waals surface area contributed by atoms with Gasteiger partial charge in [0.15, 0.2) is 0 Å². The van der Waals surface area contributed by atoms with Gasteiger partial charge in [0.1, 0.15) is 0 Å². The zero-order chi connectivity index (χ0) is 10.6. The second kappa shape index (κ2) is 4.62. The van der Waals surface area contributed by atoms with Crippen molar-refractivity contribution in [3.8, 4) is 0 Å². The van der Waals surface area contributed by atoms with Gasteiger partial charge in [-0.05, 0) is 24.1 Å². The Morgan fingerprint density at radius 2 is 1.93 bits per heavy atom. The van der Waals surface area contributed by atoms with E-state index in [-0.39, 0.29) is 5.91 Å². The third-order valence-electron chi connectivity index (χ3n) is 2.03. The lowest BCUT2D eigenvalue weighted by Crippen LogP contribution is -2.37. The van der Waals surface area contributed by atoms with Crippen molar-refractivity contribution < 1.29 is 4.79 Å². The number of rotatable bonds is 3. The molecule has 0 spiro atoms. The maximum atomic E-state index is 10.8. The van der Waals surface area contributed by atoms with Crippen molar-refractivity contribution in [3.63, 3.8) is 0 Å². The fourth-order valence-electron chi connectivity index (χ4n) is 1.09. The minimum absolute atomic E-state index is 0.125. The SMILES string of the molecule is CC(=O)N(N)CCc1ccc(N)cc1. The molecule has 4 N–H and O–H groups in total. The minimum Gasteiger partial charge on any atom is -0.399 e. The molecule has 0 aromatic heterocycles. The molecule has 1 amide bonds. The molecule has 0 saturated carbocycles. The first-order valence-corrected chi connectivity index (χ1v) is 4.47. The van der Waals surface area contributed by atoms with E-state index in [1.807, 2.05) is 24.3 Å². The van der Waals surface area contributed by atoms with E-state index in [1.54, 1.807) is 0 Å². The molecule has 0 aliphatic carbocycles. The van der Waals surface area contributed by atoms with Gasteiger partial charge < -0.3 is 5.73 Å². The van der Waals surface area contributed by atoms with Crippen LogP contribution in [0.15, 0.2) is 24.3 Å². The maximum Gasteiger partial charge on any atom is 0.233 e. The Bertz CT molecular complexity index is 308. The van der Waals surface area contributed by atoms with Crippen LogP contribution in [0.1, 0.15) is 12.5 Å². The van der Waals surface area contributed by atoms with Crippen LogP contribution < -0.4 is 11.6 Å². The highest BCUT2D eigenvalue weighted by molar-refractivity contribution is 5.72. The molecule has 0 saturated heterocycles. The smallest absolute Gasteiger partial charge is 0.233 e. The first kappa shape index (κ1) is 10.5. The summed E-state index contributed by atoms with van der Waals surface area (Å²) in [4.78, 5) is 10.8. The molecular formula is C10H15N3O. The van der Waals surface area contributed by atoms with Gasteiger partial charge in [0.05, 0.1) is 0 Å². The molecule has 0 fully saturated rings. The van der Waals surface area contributed by atoms with Gasteiger partial charge in [-0.3, -0.25) is 9.80 Å². The van der Waals surface area contributed by atoms with E-state index in [9.17, 15) is 4.79 Å². The van der Waals surface area contributed by atoms with E-state index in [2.05, 4.69) is 0 Å². The van der Waals surface area contributed by atoms with Gasteiger partial charge in [-0.2, -0.15) is 0 Å². The summed E-state index contributed by atoms with van der Waals surface area (Å²) in [5.74, 6) is 5.33. The summed E-state index contributed by atoms with van der Waals surface area (Å²) >= 11 is 0. The topological polar surface area (TPSA) is 72.3 Å². The summed E-state index contributed by atoms with van der Waals surface area (Å²) in [6.45, 7) is 1.97. The number of nitrogen functional groups attached to an aromatic ring is 1. The Morgan fingerprint density at radius 3 is 2.43 bits per heavy atom. The molecule has 4 heteroatoms. The molecule has 14 heavy (non-hydrogen) atoms. The highest BCUT2D eigenvalue weighted by atomic mass is 16.2. The van der Waals surface area contributed by atoms with Gasteiger partial charge in [-0.1, -0.05) is 12.1 Å². The van der Waals surface area contributed by atoms with E-state index in [0.717, 1.165) is 17.7 Å². The largest absolute Gasteiger partial charge is 0.399 e. The molecule has 0 atom stereocenters. The van der Waals surface area contributed by atoms with Crippen molar-refractivity contribution >= 4 is 11.6 Å². The Kier molecular flexibility index (Phi) is 3.48. The molecule has 0 unspecified atom stereocenters. The third kappa shape index (κ3) is 3.06. The Hall–Kier alpha value is -1.55. The molecule has 0 heterocycles. The molecular weight excluding hydrogens is 178 g/mol. The van der Waals surface area contributed by atoms with Crippen molar-refractivity contribution in [2.45, 2.75) is 13.3 Å². The Morgan fingerprint density at radius 1 is 1.36 bits per heavy atom. The summed E-state index contributed by atoms with van der Waals surface area (Å²) in [6.07, 6.45) is 0.746. The molecule has 1 aromatic carbocycles. The summed E-state index contributed by atoms with van der Waals surface area (Å²) < 4.78 is 0. The molecule has 0 aliphatic heterocycles. The lowest BCUT2D eigenvalue weighted by Gasteiger charge is -2.13. The highest BCUT2D eigenvalue weighted by Gasteiger charge is 2.02. The van der Waals surface area contributed by atoms with Crippen molar-refractivity contribution in [2.24, 2.45) is 5.84 Å². The van der Waals surface area contributed by atoms with E-state index in [1.165, 1.54) is 11.9 Å². The average molecular weight is 193 g/mol. The van der Waals surface area contributed by atoms with E-state index < -0.39 is 0 Å². The third-order valence-corrected chi connectivity index (χ3v) is 2.03. The molecule has 0 radical (unpaired) electrons. The highest BCUT2D eigenvalue weighted by Crippen LogP contribution is 2.06. The van der Waals surface area contributed by atoms with Crippen LogP contribution in [-0.2, 0) is 11.2 Å². The lowest BCUT2D eigenvalue weighted by molar-refractivity contribution is -0.129. The van der Waals surface area contributed by atoms with Crippen LogP contribution >= 0.6 is 0 Å². The first-order chi connectivity index (χ1) is 6.59. The number of hydrogen-bond acceptors (Lipinski definition) is 3. The number of carbonyl (C=O) groups excluding carboxylic acids is 1. The average Bonchev–Trinajstić information content (AvgIpc) is 2.16. The fourth-order valence-corrected chi connectivity index (χ4v) is 1.09. The van der Waals surface area contributed by atoms with E-state index >= 15 is 0 Å². The molecule has 1 aromatic rings. The molecule has 1 rings (SSSR count). The molecule has 0 bridgehead atoms. The predicted octanol–water partition coefficient (Wildman–Crippen LogP) is 0.533. The normalized spacial score (nSPS) is 9.86. The number of anilines is 1. The van der Waals surface area contributed by atoms with Crippen LogP contribution in [0.5, 0.6) is 0 Å². The van der Waals surface area contributed by atoms with Gasteiger partial charge in [-0.25, -0.2) is 5.84 Å². The predicted molar refractivity (Wildman–Crippen MR) is 56.1 cm³/mol. The molecule has 0 aliphatic rings. The maximum absolute atomic E-state index is 10.8. The van der Waals surface area contributed by atoms with Gasteiger partial charge in [-0.15, -0.1) is 0 Å². The quantitative estimate of drug-likeness (QED) is 0.318. The van der Waals surface area contributed by atoms with Crippen LogP contribution in [0.4, 0.5) is 5.69 Å². The number of nitrogens with two attached hydrogens (primary N) is 2. The molecule has 4 nitrogen and oxygen atoms in total. The number of carbonyl (C=O) groups is 1. The second-order valence-electron chi connectivity index (χ2n) is 3.20. The first-order valence-electron chi connectivity index (χ1n) is 4.47. The van der Waals surface area contributed by atoms with Crippen molar-refractivity contribution in [3.05, 3.63) is 29.8 Å². The molecule has 76 valence electrons. The standard InChI is InChI=1S/C10H15N3O/c1-8(14)13(12)7-6-9-2-4-10(11)5-3-9/h2-5H,6-7,11-12H2,1H3. The summed E-state index contributed by atoms with van der Waals surface area (Å²) in [5.41, 5.74) is 7.40. The van der Waals surface area contributed by atoms with Crippen LogP contribution in [0.25, 0.3) is 0 Å². The number of benzene rings is 1. The fraction of sp³-hybridized carbons (Fsp3) is 0.300. The number of nitrogens with zero attached hydrogens (tertiary/aromatic N) is 1. The zero-order valence-corrected chi connectivity index (χ0v) is 8.23. The van der Waals surface area contributed by atoms with Gasteiger partial charge in [0, 0.05) is 19.2 Å². The Balaban J connectivity index is 2.46. The van der Waals surface area contributed by atoms with Crippen LogP contribution in [0.2, 0.25) is 0 Å². The van der Waals surface area contributed by atoms with Crippen LogP contribution in [-0.4, -0.2) is 17.5 Å². The number of amides is 1. The van der Waals surface area contributed by atoms with E-state index in [0.29, 0.717) is 6.54 Å². The van der Waals surface area contributed by atoms with Crippen molar-refractivity contribution in [1.29, 1.82) is 0 Å². The van der Waals surface area contributed by atoms with Gasteiger partial charge in [0.2, 0.25) is 5.91 Å². The number of hydrazine groups is 1. The number of hydrogen-bond donors (Lipinski definition) is 2. The lowest BCUT2D eigenvalue weighted by atomic mass is 10.1. The Labute approximate surface area is 83.5 Å². The minimum atomic E-state index is -0.125. The summed E-state index contributed by atoms with van der Waals surface area (Å²) in [7, 11) is 0. The summed E-state index contributed by atoms with van der Waals surface area (Å²) in [5, 5.41) is 1.20. The van der Waals surface area contributed by atoms with Crippen molar-refractivity contribution in [1.82, 2.24) is 5.01 Å². The second-order valence-corrected chi connectivity index (χ2v) is 3.20. The summed E-state index contributed by atoms with van der Waals surface area (Å²) in [6, 6.07) is 7.54. The monoisotopic (exact) mass is 193 g/mol. The van der Waals surface area contributed by atoms with Crippen LogP contribution in [0.3, 0.4) is 0 Å². The van der Waals surface area contributed by atoms with E-state index in [4.69, 9.17) is 11.6 Å². The zero-order valence-electron chi connectivity index (χ0n) is 8.23. The van der Waals surface area contributed by atoms with Crippen LogP contribution in [0, 0.1) is 0 Å². The van der Waals surface area contributed by atoms with Gasteiger partial charge >= 0.3 is 0 Å². The van der Waals surface area contributed by atoms with Gasteiger partial charge in [0.25, 0.3) is 0 Å². The van der Waals surface area contributed by atoms with Crippen molar-refractivity contribution in [2.75, 3.05) is 12.3 Å².